The van der Waals surface area contributed by atoms with Gasteiger partial charge in [-0.05, 0) is 127 Å². The number of aromatic nitrogens is 2. The Kier molecular flexibility index (Phi) is 9.23. The summed E-state index contributed by atoms with van der Waals surface area (Å²) >= 11 is 0. The van der Waals surface area contributed by atoms with Crippen molar-refractivity contribution in [1.29, 1.82) is 0 Å². The second-order valence-corrected chi connectivity index (χ2v) is 12.1. The van der Waals surface area contributed by atoms with Crippen LogP contribution in [0.1, 0.15) is 91.5 Å². The summed E-state index contributed by atoms with van der Waals surface area (Å²) in [7, 11) is 2.22. The van der Waals surface area contributed by atoms with E-state index in [1.807, 2.05) is 13.0 Å². The van der Waals surface area contributed by atoms with E-state index in [0.29, 0.717) is 24.0 Å². The number of carbonyl (C=O) groups excluding carboxylic acids is 1. The number of aliphatic hydroxyl groups is 1. The summed E-state index contributed by atoms with van der Waals surface area (Å²) in [6.07, 6.45) is 8.61. The normalized spacial score (nSPS) is 23.7. The number of nitrogens with zero attached hydrogens (tertiary/aromatic N) is 4. The minimum atomic E-state index is -0.592. The number of rotatable bonds is 8. The number of likely N-dealkylation sites (tertiary alicyclic amines) is 2. The van der Waals surface area contributed by atoms with Crippen LogP contribution in [0, 0.1) is 6.92 Å². The van der Waals surface area contributed by atoms with Crippen LogP contribution >= 0.6 is 0 Å². The van der Waals surface area contributed by atoms with Gasteiger partial charge in [-0.2, -0.15) is 0 Å². The molecule has 3 aliphatic rings. The number of nitrogens with one attached hydrogen (secondary N) is 2. The highest BCUT2D eigenvalue weighted by Gasteiger charge is 2.29. The monoisotopic (exact) mass is 549 g/mol. The lowest BCUT2D eigenvalue weighted by molar-refractivity contribution is 0.0966. The summed E-state index contributed by atoms with van der Waals surface area (Å²) in [5.41, 5.74) is 10.2. The predicted molar refractivity (Wildman–Crippen MR) is 160 cm³/mol. The number of hydrogen-bond acceptors (Lipinski definition) is 8. The molecule has 0 radical (unpaired) electrons. The van der Waals surface area contributed by atoms with E-state index in [1.165, 1.54) is 49.9 Å². The minimum absolute atomic E-state index is 0.162. The Balaban J connectivity index is 1.32. The lowest BCUT2D eigenvalue weighted by atomic mass is 9.85. The summed E-state index contributed by atoms with van der Waals surface area (Å²) in [5.74, 6) is 0.998. The molecule has 0 unspecified atom stereocenters. The van der Waals surface area contributed by atoms with Crippen LogP contribution in [0.3, 0.4) is 0 Å². The van der Waals surface area contributed by atoms with Crippen LogP contribution in [-0.2, 0) is 6.42 Å². The molecule has 1 amide bonds. The van der Waals surface area contributed by atoms with Crippen molar-refractivity contribution in [1.82, 2.24) is 19.8 Å². The van der Waals surface area contributed by atoms with Crippen LogP contribution in [0.15, 0.2) is 18.2 Å². The van der Waals surface area contributed by atoms with Gasteiger partial charge in [-0.3, -0.25) is 4.79 Å². The molecule has 9 heteroatoms. The van der Waals surface area contributed by atoms with Gasteiger partial charge in [0.1, 0.15) is 5.82 Å². The fourth-order valence-corrected chi connectivity index (χ4v) is 6.74. The minimum Gasteiger partial charge on any atom is -0.393 e. The molecule has 2 aromatic rings. The number of anilines is 3. The van der Waals surface area contributed by atoms with E-state index < -0.39 is 5.91 Å². The predicted octanol–water partition coefficient (Wildman–Crippen LogP) is 4.18. The van der Waals surface area contributed by atoms with Crippen molar-refractivity contribution in [3.63, 3.8) is 0 Å². The maximum atomic E-state index is 12.4. The number of benzene rings is 1. The van der Waals surface area contributed by atoms with Crippen LogP contribution in [0.25, 0.3) is 0 Å². The number of hydrogen-bond donors (Lipinski definition) is 4. The molecule has 2 saturated heterocycles. The van der Waals surface area contributed by atoms with Crippen molar-refractivity contribution in [2.45, 2.75) is 95.7 Å². The van der Waals surface area contributed by atoms with Gasteiger partial charge in [0.25, 0.3) is 5.91 Å². The van der Waals surface area contributed by atoms with Crippen LogP contribution < -0.4 is 16.4 Å². The lowest BCUT2D eigenvalue weighted by Gasteiger charge is -2.41. The summed E-state index contributed by atoms with van der Waals surface area (Å²) in [4.78, 5) is 27.0. The Bertz CT molecular complexity index is 1160. The first-order valence-corrected chi connectivity index (χ1v) is 15.3. The Morgan fingerprint density at radius 2 is 1.70 bits per heavy atom. The standard InChI is InChI=1S/C31H47N7O2/c1-4-27-30(33-22-7-9-25(39)10-8-22)36-31(28(35-27)29(32)40)34-23-6-5-20(2)26(19-23)21-11-17-38(18-12-21)24-13-15-37(3)16-14-24/h5-6,19,21-22,24-25,39H,4,7-18H2,1-3H3,(H2,32,40)(H2,33,34,36)/t22-,25-. The third-order valence-electron chi connectivity index (χ3n) is 9.29. The van der Waals surface area contributed by atoms with Crippen molar-refractivity contribution in [3.05, 3.63) is 40.7 Å². The summed E-state index contributed by atoms with van der Waals surface area (Å²) in [5, 5.41) is 16.8. The lowest BCUT2D eigenvalue weighted by Crippen LogP contribution is -2.46. The number of aryl methyl sites for hydroxylation is 2. The third kappa shape index (κ3) is 6.75. The molecule has 0 bridgehead atoms. The maximum absolute atomic E-state index is 12.4. The largest absolute Gasteiger partial charge is 0.393 e. The summed E-state index contributed by atoms with van der Waals surface area (Å²) in [6.45, 7) is 8.90. The Morgan fingerprint density at radius 3 is 2.35 bits per heavy atom. The van der Waals surface area contributed by atoms with Crippen molar-refractivity contribution in [2.75, 3.05) is 43.9 Å². The molecule has 3 heterocycles. The third-order valence-corrected chi connectivity index (χ3v) is 9.29. The highest BCUT2D eigenvalue weighted by atomic mass is 16.3. The Hall–Kier alpha value is -2.75. The van der Waals surface area contributed by atoms with Gasteiger partial charge in [0, 0.05) is 17.8 Å². The van der Waals surface area contributed by atoms with E-state index in [0.717, 1.165) is 56.2 Å². The summed E-state index contributed by atoms with van der Waals surface area (Å²) < 4.78 is 0. The zero-order chi connectivity index (χ0) is 28.2. The highest BCUT2D eigenvalue weighted by Crippen LogP contribution is 2.35. The van der Waals surface area contributed by atoms with E-state index in [2.05, 4.69) is 51.5 Å². The van der Waals surface area contributed by atoms with E-state index in [-0.39, 0.29) is 17.8 Å². The molecule has 2 aliphatic heterocycles. The zero-order valence-electron chi connectivity index (χ0n) is 24.5. The van der Waals surface area contributed by atoms with Gasteiger partial charge in [-0.15, -0.1) is 0 Å². The zero-order valence-corrected chi connectivity index (χ0v) is 24.5. The van der Waals surface area contributed by atoms with Crippen LogP contribution in [0.4, 0.5) is 17.3 Å². The Labute approximate surface area is 238 Å². The topological polar surface area (TPSA) is 120 Å². The van der Waals surface area contributed by atoms with E-state index >= 15 is 0 Å². The number of piperidine rings is 2. The Morgan fingerprint density at radius 1 is 1.00 bits per heavy atom. The summed E-state index contributed by atoms with van der Waals surface area (Å²) in [6, 6.07) is 7.38. The molecule has 1 saturated carbocycles. The smallest absolute Gasteiger partial charge is 0.271 e. The van der Waals surface area contributed by atoms with Gasteiger partial charge in [-0.1, -0.05) is 13.0 Å². The SMILES string of the molecule is CCc1nc(C(N)=O)c(Nc2ccc(C)c(C3CCN(C4CCN(C)CC4)CC3)c2)nc1N[C@H]1CC[C@H](O)CC1. The molecular weight excluding hydrogens is 502 g/mol. The molecule has 9 nitrogen and oxygen atoms in total. The first-order chi connectivity index (χ1) is 19.3. The number of nitrogens with two attached hydrogens (primary N) is 1. The molecule has 5 rings (SSSR count). The van der Waals surface area contributed by atoms with Gasteiger partial charge in [0.05, 0.1) is 11.8 Å². The first-order valence-electron chi connectivity index (χ1n) is 15.3. The number of aliphatic hydroxyl groups excluding tert-OH is 1. The second-order valence-electron chi connectivity index (χ2n) is 12.1. The number of amides is 1. The second kappa shape index (κ2) is 12.8. The molecule has 1 aliphatic carbocycles. The number of carbonyl (C=O) groups is 1. The molecule has 40 heavy (non-hydrogen) atoms. The van der Waals surface area contributed by atoms with Crippen LogP contribution in [0.2, 0.25) is 0 Å². The quantitative estimate of drug-likeness (QED) is 0.387. The van der Waals surface area contributed by atoms with E-state index in [4.69, 9.17) is 10.7 Å². The fourth-order valence-electron chi connectivity index (χ4n) is 6.74. The van der Waals surface area contributed by atoms with Gasteiger partial charge in [-0.25, -0.2) is 9.97 Å². The van der Waals surface area contributed by atoms with E-state index in [9.17, 15) is 9.90 Å². The van der Waals surface area contributed by atoms with Crippen molar-refractivity contribution < 1.29 is 9.90 Å². The van der Waals surface area contributed by atoms with Crippen molar-refractivity contribution in [3.8, 4) is 0 Å². The molecule has 1 aromatic heterocycles. The molecular formula is C31H47N7O2. The number of primary amides is 1. The molecule has 0 atom stereocenters. The molecule has 0 spiro atoms. The van der Waals surface area contributed by atoms with Gasteiger partial charge in [0.2, 0.25) is 0 Å². The van der Waals surface area contributed by atoms with Gasteiger partial charge >= 0.3 is 0 Å². The maximum Gasteiger partial charge on any atom is 0.271 e. The average molecular weight is 550 g/mol. The highest BCUT2D eigenvalue weighted by molar-refractivity contribution is 5.96. The average Bonchev–Trinajstić information content (AvgIpc) is 2.96. The molecule has 1 aromatic carbocycles. The first kappa shape index (κ1) is 28.8. The van der Waals surface area contributed by atoms with Gasteiger partial charge in [0.15, 0.2) is 11.5 Å². The van der Waals surface area contributed by atoms with Gasteiger partial charge < -0.3 is 31.3 Å². The molecule has 5 N–H and O–H groups in total. The van der Waals surface area contributed by atoms with Crippen molar-refractivity contribution in [2.24, 2.45) is 5.73 Å². The molecule has 3 fully saturated rings. The van der Waals surface area contributed by atoms with Crippen LogP contribution in [0.5, 0.6) is 0 Å². The van der Waals surface area contributed by atoms with Crippen LogP contribution in [-0.4, -0.2) is 82.2 Å². The van der Waals surface area contributed by atoms with E-state index in [1.54, 1.807) is 0 Å². The van der Waals surface area contributed by atoms with Crippen molar-refractivity contribution >= 4 is 23.2 Å². The molecule has 218 valence electrons. The fraction of sp³-hybridized carbons (Fsp3) is 0.645.